The van der Waals surface area contributed by atoms with Gasteiger partial charge in [-0.05, 0) is 20.8 Å². The van der Waals surface area contributed by atoms with Crippen LogP contribution in [0.4, 0.5) is 4.79 Å². The second-order valence-corrected chi connectivity index (χ2v) is 4.76. The molecule has 0 saturated carbocycles. The van der Waals surface area contributed by atoms with Crippen LogP contribution in [-0.4, -0.2) is 54.0 Å². The summed E-state index contributed by atoms with van der Waals surface area (Å²) >= 11 is 0. The van der Waals surface area contributed by atoms with Crippen molar-refractivity contribution in [3.63, 3.8) is 0 Å². The zero-order chi connectivity index (χ0) is 11.5. The molecule has 1 heterocycles. The number of rotatable bonds is 2. The Hall–Kier alpha value is -0.810. The van der Waals surface area contributed by atoms with E-state index < -0.39 is 6.09 Å². The van der Waals surface area contributed by atoms with E-state index in [2.05, 4.69) is 5.32 Å². The summed E-state index contributed by atoms with van der Waals surface area (Å²) in [5, 5.41) is 12.3. The summed E-state index contributed by atoms with van der Waals surface area (Å²) in [6, 6.07) is 0. The van der Waals surface area contributed by atoms with Crippen LogP contribution in [-0.2, 0) is 4.74 Å². The Kier molecular flexibility index (Phi) is 3.93. The lowest BCUT2D eigenvalue weighted by Gasteiger charge is -2.36. The van der Waals surface area contributed by atoms with Gasteiger partial charge in [-0.2, -0.15) is 0 Å². The second-order valence-electron chi connectivity index (χ2n) is 4.76. The Bertz CT molecular complexity index is 219. The maximum absolute atomic E-state index is 11.1. The molecule has 1 fully saturated rings. The Morgan fingerprint density at radius 1 is 1.60 bits per heavy atom. The average Bonchev–Trinajstić information content (AvgIpc) is 2.13. The summed E-state index contributed by atoms with van der Waals surface area (Å²) < 4.78 is 5.49. The topological polar surface area (TPSA) is 61.8 Å². The van der Waals surface area contributed by atoms with Crippen molar-refractivity contribution in [1.82, 2.24) is 10.2 Å². The molecule has 0 radical (unpaired) electrons. The first-order valence-electron chi connectivity index (χ1n) is 5.24. The number of nitrogens with zero attached hydrogens (tertiary/aromatic N) is 1. The molecule has 5 nitrogen and oxygen atoms in total. The van der Waals surface area contributed by atoms with E-state index in [0.29, 0.717) is 13.2 Å². The van der Waals surface area contributed by atoms with E-state index in [1.54, 1.807) is 0 Å². The normalized spacial score (nSPS) is 22.5. The first-order valence-corrected chi connectivity index (χ1v) is 5.24. The van der Waals surface area contributed by atoms with Crippen molar-refractivity contribution >= 4 is 6.09 Å². The van der Waals surface area contributed by atoms with Crippen molar-refractivity contribution in [2.24, 2.45) is 0 Å². The summed E-state index contributed by atoms with van der Waals surface area (Å²) in [6.07, 6.45) is -0.925. The monoisotopic (exact) mass is 216 g/mol. The molecular weight excluding hydrogens is 196 g/mol. The van der Waals surface area contributed by atoms with Gasteiger partial charge in [-0.15, -0.1) is 0 Å². The lowest BCUT2D eigenvalue weighted by Crippen LogP contribution is -2.52. The third kappa shape index (κ3) is 3.68. The van der Waals surface area contributed by atoms with E-state index in [1.807, 2.05) is 20.8 Å². The van der Waals surface area contributed by atoms with E-state index in [1.165, 1.54) is 4.90 Å². The molecule has 1 aliphatic heterocycles. The van der Waals surface area contributed by atoms with E-state index in [-0.39, 0.29) is 11.6 Å². The standard InChI is InChI=1S/C10H20N2O3/c1-10(2,3)12(9(13)14)7-8-6-11-4-5-15-8/h8,11H,4-7H2,1-3H3,(H,13,14). The fraction of sp³-hybridized carbons (Fsp3) is 0.900. The fourth-order valence-electron chi connectivity index (χ4n) is 1.58. The molecule has 0 aliphatic carbocycles. The highest BCUT2D eigenvalue weighted by Crippen LogP contribution is 2.15. The van der Waals surface area contributed by atoms with Crippen LogP contribution in [0.25, 0.3) is 0 Å². The van der Waals surface area contributed by atoms with E-state index >= 15 is 0 Å². The Balaban J connectivity index is 2.54. The van der Waals surface area contributed by atoms with Crippen molar-refractivity contribution in [3.8, 4) is 0 Å². The zero-order valence-electron chi connectivity index (χ0n) is 9.62. The van der Waals surface area contributed by atoms with Gasteiger partial charge in [0.1, 0.15) is 0 Å². The molecule has 5 heteroatoms. The fourth-order valence-corrected chi connectivity index (χ4v) is 1.58. The number of ether oxygens (including phenoxy) is 1. The second kappa shape index (κ2) is 4.81. The summed E-state index contributed by atoms with van der Waals surface area (Å²) in [5.74, 6) is 0. The first-order chi connectivity index (χ1) is 6.91. The third-order valence-corrected chi connectivity index (χ3v) is 2.43. The highest BCUT2D eigenvalue weighted by Gasteiger charge is 2.29. The number of morpholine rings is 1. The molecular formula is C10H20N2O3. The lowest BCUT2D eigenvalue weighted by molar-refractivity contribution is -0.00843. The van der Waals surface area contributed by atoms with Crippen LogP contribution in [0, 0.1) is 0 Å². The number of hydrogen-bond acceptors (Lipinski definition) is 3. The Labute approximate surface area is 90.4 Å². The summed E-state index contributed by atoms with van der Waals surface area (Å²) in [4.78, 5) is 12.5. The molecule has 1 saturated heterocycles. The maximum atomic E-state index is 11.1. The number of hydrogen-bond donors (Lipinski definition) is 2. The molecule has 2 N–H and O–H groups in total. The largest absolute Gasteiger partial charge is 0.465 e. The number of amides is 1. The Morgan fingerprint density at radius 3 is 2.67 bits per heavy atom. The van der Waals surface area contributed by atoms with E-state index in [4.69, 9.17) is 9.84 Å². The molecule has 1 amide bonds. The number of nitrogens with one attached hydrogen (secondary N) is 1. The van der Waals surface area contributed by atoms with Crippen LogP contribution < -0.4 is 5.32 Å². The smallest absolute Gasteiger partial charge is 0.407 e. The Morgan fingerprint density at radius 2 is 2.27 bits per heavy atom. The van der Waals surface area contributed by atoms with Crippen molar-refractivity contribution in [1.29, 1.82) is 0 Å². The van der Waals surface area contributed by atoms with Crippen LogP contribution >= 0.6 is 0 Å². The zero-order valence-corrected chi connectivity index (χ0v) is 9.62. The highest BCUT2D eigenvalue weighted by molar-refractivity contribution is 5.66. The van der Waals surface area contributed by atoms with Crippen LogP contribution in [0.15, 0.2) is 0 Å². The van der Waals surface area contributed by atoms with Gasteiger partial charge in [0, 0.05) is 18.6 Å². The molecule has 0 aromatic heterocycles. The lowest BCUT2D eigenvalue weighted by atomic mass is 10.1. The predicted molar refractivity (Wildman–Crippen MR) is 57.1 cm³/mol. The van der Waals surface area contributed by atoms with Crippen LogP contribution in [0.5, 0.6) is 0 Å². The van der Waals surface area contributed by atoms with Gasteiger partial charge in [-0.3, -0.25) is 0 Å². The van der Waals surface area contributed by atoms with Gasteiger partial charge in [0.2, 0.25) is 0 Å². The SMILES string of the molecule is CC(C)(C)N(CC1CNCCO1)C(=O)O. The van der Waals surface area contributed by atoms with Gasteiger partial charge < -0.3 is 20.1 Å². The van der Waals surface area contributed by atoms with Crippen molar-refractivity contribution < 1.29 is 14.6 Å². The van der Waals surface area contributed by atoms with Crippen molar-refractivity contribution in [2.45, 2.75) is 32.4 Å². The molecule has 0 spiro atoms. The first kappa shape index (κ1) is 12.3. The minimum Gasteiger partial charge on any atom is -0.465 e. The summed E-state index contributed by atoms with van der Waals surface area (Å²) in [6.45, 7) is 8.30. The maximum Gasteiger partial charge on any atom is 0.407 e. The molecule has 0 aromatic rings. The van der Waals surface area contributed by atoms with Crippen molar-refractivity contribution in [2.75, 3.05) is 26.2 Å². The molecule has 1 atom stereocenters. The quantitative estimate of drug-likeness (QED) is 0.715. The van der Waals surface area contributed by atoms with Gasteiger partial charge in [0.25, 0.3) is 0 Å². The molecule has 1 aliphatic rings. The van der Waals surface area contributed by atoms with Gasteiger partial charge in [-0.25, -0.2) is 4.79 Å². The number of carbonyl (C=O) groups is 1. The predicted octanol–water partition coefficient (Wildman–Crippen LogP) is 0.753. The van der Waals surface area contributed by atoms with Crippen LogP contribution in [0.2, 0.25) is 0 Å². The van der Waals surface area contributed by atoms with Gasteiger partial charge in [0.15, 0.2) is 0 Å². The van der Waals surface area contributed by atoms with E-state index in [9.17, 15) is 4.79 Å². The van der Waals surface area contributed by atoms with Crippen LogP contribution in [0.3, 0.4) is 0 Å². The highest BCUT2D eigenvalue weighted by atomic mass is 16.5. The average molecular weight is 216 g/mol. The molecule has 15 heavy (non-hydrogen) atoms. The van der Waals surface area contributed by atoms with E-state index in [0.717, 1.165) is 13.1 Å². The molecule has 0 aromatic carbocycles. The van der Waals surface area contributed by atoms with Gasteiger partial charge in [-0.1, -0.05) is 0 Å². The van der Waals surface area contributed by atoms with Gasteiger partial charge in [0.05, 0.1) is 19.3 Å². The summed E-state index contributed by atoms with van der Waals surface area (Å²) in [5.41, 5.74) is -0.382. The minimum atomic E-state index is -0.892. The molecule has 1 unspecified atom stereocenters. The van der Waals surface area contributed by atoms with Crippen molar-refractivity contribution in [3.05, 3.63) is 0 Å². The third-order valence-electron chi connectivity index (χ3n) is 2.43. The van der Waals surface area contributed by atoms with Gasteiger partial charge >= 0.3 is 6.09 Å². The number of carboxylic acid groups (broad SMARTS) is 1. The minimum absolute atomic E-state index is 0.0333. The molecule has 88 valence electrons. The molecule has 0 bridgehead atoms. The summed E-state index contributed by atoms with van der Waals surface area (Å²) in [7, 11) is 0. The van der Waals surface area contributed by atoms with Crippen LogP contribution in [0.1, 0.15) is 20.8 Å². The molecule has 1 rings (SSSR count).